The van der Waals surface area contributed by atoms with Crippen molar-refractivity contribution in [2.24, 2.45) is 0 Å². The molecule has 0 bridgehead atoms. The zero-order chi connectivity index (χ0) is 8.39. The van der Waals surface area contributed by atoms with Crippen molar-refractivity contribution in [1.82, 2.24) is 9.97 Å². The maximum atomic E-state index is 5.50. The Morgan fingerprint density at radius 1 is 1.25 bits per heavy atom. The van der Waals surface area contributed by atoms with Gasteiger partial charge < -0.3 is 5.73 Å². The fraction of sp³-hybridized carbons (Fsp3) is 0. The summed E-state index contributed by atoms with van der Waals surface area (Å²) in [5, 5.41) is 2.77. The smallest absolute Gasteiger partial charge is 0.135 e. The minimum atomic E-state index is 0.576. The Bertz CT molecular complexity index is 369. The van der Waals surface area contributed by atoms with E-state index in [0.29, 0.717) is 5.82 Å². The summed E-state index contributed by atoms with van der Waals surface area (Å²) in [6.45, 7) is 0. The van der Waals surface area contributed by atoms with Crippen molar-refractivity contribution in [2.45, 2.75) is 0 Å². The van der Waals surface area contributed by atoms with Gasteiger partial charge in [0, 0.05) is 23.3 Å². The summed E-state index contributed by atoms with van der Waals surface area (Å²) >= 11 is 1.54. The molecule has 4 heteroatoms. The number of anilines is 1. The van der Waals surface area contributed by atoms with Gasteiger partial charge in [0.05, 0.1) is 0 Å². The van der Waals surface area contributed by atoms with Gasteiger partial charge in [-0.1, -0.05) is 0 Å². The number of hydrogen-bond acceptors (Lipinski definition) is 4. The summed E-state index contributed by atoms with van der Waals surface area (Å²) in [5.41, 5.74) is 6.56. The average Bonchev–Trinajstić information content (AvgIpc) is 2.54. The molecule has 0 spiro atoms. The molecule has 0 saturated carbocycles. The second kappa shape index (κ2) is 2.91. The third-order valence-electron chi connectivity index (χ3n) is 1.45. The largest absolute Gasteiger partial charge is 0.383 e. The lowest BCUT2D eigenvalue weighted by Gasteiger charge is -1.91. The first-order chi connectivity index (χ1) is 5.86. The quantitative estimate of drug-likeness (QED) is 0.722. The predicted molar refractivity (Wildman–Crippen MR) is 49.8 cm³/mol. The Morgan fingerprint density at radius 2 is 2.00 bits per heavy atom. The second-order valence-electron chi connectivity index (χ2n) is 2.31. The summed E-state index contributed by atoms with van der Waals surface area (Å²) in [6.07, 6.45) is 3.49. The molecule has 12 heavy (non-hydrogen) atoms. The van der Waals surface area contributed by atoms with Crippen molar-refractivity contribution >= 4 is 17.2 Å². The minimum Gasteiger partial charge on any atom is -0.383 e. The predicted octanol–water partition coefficient (Wildman–Crippen LogP) is 1.79. The molecule has 0 amide bonds. The van der Waals surface area contributed by atoms with Crippen LogP contribution in [0.15, 0.2) is 29.9 Å². The van der Waals surface area contributed by atoms with Gasteiger partial charge in [-0.05, 0) is 12.1 Å². The highest BCUT2D eigenvalue weighted by molar-refractivity contribution is 7.13. The van der Waals surface area contributed by atoms with E-state index in [0.717, 1.165) is 10.6 Å². The first kappa shape index (κ1) is 7.24. The molecule has 2 aromatic rings. The Labute approximate surface area is 73.9 Å². The van der Waals surface area contributed by atoms with Crippen LogP contribution in [0.3, 0.4) is 0 Å². The van der Waals surface area contributed by atoms with Crippen LogP contribution in [-0.4, -0.2) is 9.97 Å². The fourth-order valence-electron chi connectivity index (χ4n) is 0.913. The molecule has 0 aromatic carbocycles. The molecule has 0 atom stereocenters. The van der Waals surface area contributed by atoms with E-state index in [1.807, 2.05) is 17.5 Å². The van der Waals surface area contributed by atoms with Crippen LogP contribution in [-0.2, 0) is 0 Å². The van der Waals surface area contributed by atoms with Gasteiger partial charge in [-0.2, -0.15) is 0 Å². The molecule has 0 fully saturated rings. The van der Waals surface area contributed by atoms with Crippen molar-refractivity contribution in [2.75, 3.05) is 5.73 Å². The van der Waals surface area contributed by atoms with E-state index in [-0.39, 0.29) is 0 Å². The van der Waals surface area contributed by atoms with E-state index in [4.69, 9.17) is 5.73 Å². The highest BCUT2D eigenvalue weighted by Crippen LogP contribution is 2.23. The summed E-state index contributed by atoms with van der Waals surface area (Å²) in [4.78, 5) is 8.07. The molecule has 0 radical (unpaired) electrons. The highest BCUT2D eigenvalue weighted by atomic mass is 32.1. The summed E-state index contributed by atoms with van der Waals surface area (Å²) in [6, 6.07) is 3.83. The topological polar surface area (TPSA) is 51.8 Å². The lowest BCUT2D eigenvalue weighted by Crippen LogP contribution is -1.83. The van der Waals surface area contributed by atoms with Crippen molar-refractivity contribution < 1.29 is 0 Å². The maximum absolute atomic E-state index is 5.50. The van der Waals surface area contributed by atoms with Crippen molar-refractivity contribution in [3.05, 3.63) is 29.9 Å². The number of pyridine rings is 1. The highest BCUT2D eigenvalue weighted by Gasteiger charge is 2.00. The monoisotopic (exact) mass is 177 g/mol. The fourth-order valence-corrected chi connectivity index (χ4v) is 1.63. The number of thiazole rings is 1. The molecule has 0 unspecified atom stereocenters. The Hall–Kier alpha value is -1.42. The summed E-state index contributed by atoms with van der Waals surface area (Å²) in [5.74, 6) is 0.576. The van der Waals surface area contributed by atoms with Crippen molar-refractivity contribution in [3.8, 4) is 10.6 Å². The molecule has 2 heterocycles. The lowest BCUT2D eigenvalue weighted by molar-refractivity contribution is 1.32. The summed E-state index contributed by atoms with van der Waals surface area (Å²) < 4.78 is 0. The van der Waals surface area contributed by atoms with Gasteiger partial charge in [0.25, 0.3) is 0 Å². The Balaban J connectivity index is 2.45. The SMILES string of the molecule is Nc1csc(-c2ccncc2)n1. The van der Waals surface area contributed by atoms with Gasteiger partial charge in [-0.25, -0.2) is 4.98 Å². The molecule has 0 aliphatic carbocycles. The molecule has 2 N–H and O–H groups in total. The maximum Gasteiger partial charge on any atom is 0.135 e. The van der Waals surface area contributed by atoms with Gasteiger partial charge in [0.1, 0.15) is 10.8 Å². The zero-order valence-corrected chi connectivity index (χ0v) is 7.08. The molecular formula is C8H7N3S. The number of nitrogen functional groups attached to an aromatic ring is 1. The van der Waals surface area contributed by atoms with E-state index >= 15 is 0 Å². The van der Waals surface area contributed by atoms with Gasteiger partial charge >= 0.3 is 0 Å². The summed E-state index contributed by atoms with van der Waals surface area (Å²) in [7, 11) is 0. The molecule has 60 valence electrons. The standard InChI is InChI=1S/C8H7N3S/c9-7-5-12-8(11-7)6-1-3-10-4-2-6/h1-5H,9H2. The van der Waals surface area contributed by atoms with E-state index in [1.54, 1.807) is 12.4 Å². The lowest BCUT2D eigenvalue weighted by atomic mass is 10.3. The van der Waals surface area contributed by atoms with Crippen LogP contribution in [0.25, 0.3) is 10.6 Å². The van der Waals surface area contributed by atoms with Crippen molar-refractivity contribution in [3.63, 3.8) is 0 Å². The molecule has 2 rings (SSSR count). The minimum absolute atomic E-state index is 0.576. The van der Waals surface area contributed by atoms with E-state index in [9.17, 15) is 0 Å². The molecule has 0 saturated heterocycles. The first-order valence-electron chi connectivity index (χ1n) is 3.47. The van der Waals surface area contributed by atoms with Crippen molar-refractivity contribution in [1.29, 1.82) is 0 Å². The Morgan fingerprint density at radius 3 is 2.58 bits per heavy atom. The van der Waals surface area contributed by atoms with E-state index < -0.39 is 0 Å². The van der Waals surface area contributed by atoms with Gasteiger partial charge in [0.2, 0.25) is 0 Å². The van der Waals surface area contributed by atoms with Gasteiger partial charge in [-0.15, -0.1) is 11.3 Å². The number of nitrogens with zero attached hydrogens (tertiary/aromatic N) is 2. The number of aromatic nitrogens is 2. The number of rotatable bonds is 1. The molecular weight excluding hydrogens is 170 g/mol. The average molecular weight is 177 g/mol. The molecule has 3 nitrogen and oxygen atoms in total. The van der Waals surface area contributed by atoms with Crippen LogP contribution >= 0.6 is 11.3 Å². The van der Waals surface area contributed by atoms with E-state index in [2.05, 4.69) is 9.97 Å². The van der Waals surface area contributed by atoms with Gasteiger partial charge in [-0.3, -0.25) is 4.98 Å². The van der Waals surface area contributed by atoms with Crippen LogP contribution in [0.4, 0.5) is 5.82 Å². The van der Waals surface area contributed by atoms with E-state index in [1.165, 1.54) is 11.3 Å². The second-order valence-corrected chi connectivity index (χ2v) is 3.17. The van der Waals surface area contributed by atoms with Crippen LogP contribution in [0.2, 0.25) is 0 Å². The Kier molecular flexibility index (Phi) is 1.75. The third-order valence-corrected chi connectivity index (χ3v) is 2.36. The molecule has 2 aromatic heterocycles. The van der Waals surface area contributed by atoms with Crippen LogP contribution in [0.1, 0.15) is 0 Å². The van der Waals surface area contributed by atoms with Crippen LogP contribution in [0.5, 0.6) is 0 Å². The van der Waals surface area contributed by atoms with Gasteiger partial charge in [0.15, 0.2) is 0 Å². The van der Waals surface area contributed by atoms with Crippen LogP contribution < -0.4 is 5.73 Å². The first-order valence-corrected chi connectivity index (χ1v) is 4.35. The number of hydrogen-bond donors (Lipinski definition) is 1. The number of nitrogens with two attached hydrogens (primary N) is 1. The normalized spacial score (nSPS) is 10.0. The third kappa shape index (κ3) is 1.29. The zero-order valence-electron chi connectivity index (χ0n) is 6.27. The molecule has 0 aliphatic rings. The van der Waals surface area contributed by atoms with Crippen LogP contribution in [0, 0.1) is 0 Å². The molecule has 0 aliphatic heterocycles.